The van der Waals surface area contributed by atoms with Gasteiger partial charge in [0.15, 0.2) is 5.96 Å². The van der Waals surface area contributed by atoms with Crippen LogP contribution in [0.1, 0.15) is 39.2 Å². The molecule has 0 saturated heterocycles. The first-order valence-electron chi connectivity index (χ1n) is 9.41. The largest absolute Gasteiger partial charge is 0.357 e. The van der Waals surface area contributed by atoms with Crippen LogP contribution in [0.3, 0.4) is 0 Å². The lowest BCUT2D eigenvalue weighted by Gasteiger charge is -2.21. The second kappa shape index (κ2) is 14.5. The molecule has 0 atom stereocenters. The van der Waals surface area contributed by atoms with Gasteiger partial charge in [-0.3, -0.25) is 0 Å². The van der Waals surface area contributed by atoms with E-state index in [-0.39, 0.29) is 30.0 Å². The fraction of sp³-hybridized carbons (Fsp3) is 0.632. The predicted molar refractivity (Wildman–Crippen MR) is 132 cm³/mol. The van der Waals surface area contributed by atoms with Crippen LogP contribution >= 0.6 is 35.7 Å². The Balaban J connectivity index is 0.00000729. The van der Waals surface area contributed by atoms with Gasteiger partial charge in [0.1, 0.15) is 0 Å². The summed E-state index contributed by atoms with van der Waals surface area (Å²) in [5, 5.41) is 6.58. The van der Waals surface area contributed by atoms with E-state index in [4.69, 9.17) is 0 Å². The van der Waals surface area contributed by atoms with Crippen molar-refractivity contribution in [3.05, 3.63) is 29.8 Å². The van der Waals surface area contributed by atoms with E-state index >= 15 is 0 Å². The van der Waals surface area contributed by atoms with E-state index in [2.05, 4.69) is 21.9 Å². The SMILES string of the molecule is CCNC(=NCc1ccc(S(=O)(=O)N(C)C(C)C)cc1)NCCCCSC.I. The second-order valence-electron chi connectivity index (χ2n) is 6.58. The van der Waals surface area contributed by atoms with Crippen molar-refractivity contribution in [3.63, 3.8) is 0 Å². The number of benzene rings is 1. The van der Waals surface area contributed by atoms with E-state index in [0.717, 1.165) is 31.0 Å². The van der Waals surface area contributed by atoms with Gasteiger partial charge < -0.3 is 10.6 Å². The summed E-state index contributed by atoms with van der Waals surface area (Å²) in [5.74, 6) is 1.97. The van der Waals surface area contributed by atoms with E-state index in [1.54, 1.807) is 19.2 Å². The number of rotatable bonds is 11. The highest BCUT2D eigenvalue weighted by atomic mass is 127. The first-order chi connectivity index (χ1) is 12.8. The van der Waals surface area contributed by atoms with Gasteiger partial charge in [0.25, 0.3) is 0 Å². The number of unbranched alkanes of at least 4 members (excludes halogenated alkanes) is 1. The van der Waals surface area contributed by atoms with Crippen molar-refractivity contribution < 1.29 is 8.42 Å². The fourth-order valence-electron chi connectivity index (χ4n) is 2.30. The van der Waals surface area contributed by atoms with Gasteiger partial charge in [0.2, 0.25) is 10.0 Å². The van der Waals surface area contributed by atoms with Crippen molar-refractivity contribution >= 4 is 51.7 Å². The Bertz CT molecular complexity index is 680. The lowest BCUT2D eigenvalue weighted by molar-refractivity contribution is 0.410. The Hall–Kier alpha value is -0.520. The Kier molecular flexibility index (Phi) is 14.2. The van der Waals surface area contributed by atoms with Gasteiger partial charge in [-0.2, -0.15) is 16.1 Å². The smallest absolute Gasteiger partial charge is 0.243 e. The van der Waals surface area contributed by atoms with Gasteiger partial charge >= 0.3 is 0 Å². The third-order valence-electron chi connectivity index (χ3n) is 4.16. The van der Waals surface area contributed by atoms with Crippen LogP contribution in [0, 0.1) is 0 Å². The number of hydrogen-bond acceptors (Lipinski definition) is 4. The number of nitrogens with zero attached hydrogens (tertiary/aromatic N) is 2. The molecule has 0 aliphatic heterocycles. The summed E-state index contributed by atoms with van der Waals surface area (Å²) in [4.78, 5) is 4.90. The van der Waals surface area contributed by atoms with Crippen LogP contribution in [0.25, 0.3) is 0 Å². The topological polar surface area (TPSA) is 73.8 Å². The Morgan fingerprint density at radius 3 is 2.36 bits per heavy atom. The van der Waals surface area contributed by atoms with Gasteiger partial charge in [0, 0.05) is 26.2 Å². The Morgan fingerprint density at radius 2 is 1.82 bits per heavy atom. The van der Waals surface area contributed by atoms with Crippen LogP contribution in [-0.2, 0) is 16.6 Å². The maximum atomic E-state index is 12.5. The molecule has 1 aromatic rings. The van der Waals surface area contributed by atoms with Crippen molar-refractivity contribution in [3.8, 4) is 0 Å². The maximum Gasteiger partial charge on any atom is 0.243 e. The number of aliphatic imine (C=N–C) groups is 1. The number of halogens is 1. The van der Waals surface area contributed by atoms with Gasteiger partial charge in [-0.25, -0.2) is 13.4 Å². The lowest BCUT2D eigenvalue weighted by Crippen LogP contribution is -2.37. The van der Waals surface area contributed by atoms with Crippen molar-refractivity contribution in [2.75, 3.05) is 32.1 Å². The highest BCUT2D eigenvalue weighted by Gasteiger charge is 2.22. The summed E-state index contributed by atoms with van der Waals surface area (Å²) in [6, 6.07) is 6.88. The monoisotopic (exact) mass is 542 g/mol. The first-order valence-corrected chi connectivity index (χ1v) is 12.2. The normalized spacial score (nSPS) is 12.2. The molecule has 162 valence electrons. The van der Waals surface area contributed by atoms with Crippen molar-refractivity contribution in [1.82, 2.24) is 14.9 Å². The minimum atomic E-state index is -3.44. The Morgan fingerprint density at radius 1 is 1.18 bits per heavy atom. The zero-order valence-electron chi connectivity index (χ0n) is 17.6. The van der Waals surface area contributed by atoms with Gasteiger partial charge in [0.05, 0.1) is 11.4 Å². The maximum absolute atomic E-state index is 12.5. The molecule has 0 saturated carbocycles. The Labute approximate surface area is 192 Å². The molecule has 0 aliphatic carbocycles. The minimum Gasteiger partial charge on any atom is -0.357 e. The van der Waals surface area contributed by atoms with E-state index in [0.29, 0.717) is 11.4 Å². The molecule has 9 heteroatoms. The molecule has 1 rings (SSSR count). The number of sulfonamides is 1. The zero-order chi connectivity index (χ0) is 20.3. The molecule has 0 aromatic heterocycles. The molecule has 0 unspecified atom stereocenters. The van der Waals surface area contributed by atoms with E-state index < -0.39 is 10.0 Å². The van der Waals surface area contributed by atoms with Gasteiger partial charge in [-0.1, -0.05) is 12.1 Å². The molecule has 0 spiro atoms. The highest BCUT2D eigenvalue weighted by molar-refractivity contribution is 14.0. The van der Waals surface area contributed by atoms with Gasteiger partial charge in [-0.15, -0.1) is 24.0 Å². The van der Waals surface area contributed by atoms with Crippen LogP contribution < -0.4 is 10.6 Å². The van der Waals surface area contributed by atoms with Gasteiger partial charge in [-0.05, 0) is 63.3 Å². The molecule has 0 bridgehead atoms. The standard InChI is InChI=1S/C19H34N4O2S2.HI/c1-6-20-19(21-13-7-8-14-26-5)22-15-17-9-11-18(12-10-17)27(24,25)23(4)16(2)3;/h9-12,16H,6-8,13-15H2,1-5H3,(H2,20,21,22);1H. The van der Waals surface area contributed by atoms with Crippen molar-refractivity contribution in [2.45, 2.75) is 51.1 Å². The average Bonchev–Trinajstić information content (AvgIpc) is 2.65. The summed E-state index contributed by atoms with van der Waals surface area (Å²) in [6.45, 7) is 7.95. The van der Waals surface area contributed by atoms with E-state index in [9.17, 15) is 8.42 Å². The quantitative estimate of drug-likeness (QED) is 0.194. The molecule has 0 aliphatic rings. The number of nitrogens with one attached hydrogen (secondary N) is 2. The van der Waals surface area contributed by atoms with Crippen LogP contribution in [-0.4, -0.2) is 56.9 Å². The highest BCUT2D eigenvalue weighted by Crippen LogP contribution is 2.17. The molecule has 0 fully saturated rings. The molecule has 6 nitrogen and oxygen atoms in total. The number of guanidine groups is 1. The summed E-state index contributed by atoms with van der Waals surface area (Å²) in [6.07, 6.45) is 4.42. The van der Waals surface area contributed by atoms with Crippen molar-refractivity contribution in [1.29, 1.82) is 0 Å². The third kappa shape index (κ3) is 9.32. The summed E-state index contributed by atoms with van der Waals surface area (Å²) in [5.41, 5.74) is 0.973. The molecular weight excluding hydrogens is 507 g/mol. The van der Waals surface area contributed by atoms with Crippen LogP contribution in [0.2, 0.25) is 0 Å². The van der Waals surface area contributed by atoms with Crippen molar-refractivity contribution in [2.24, 2.45) is 4.99 Å². The van der Waals surface area contributed by atoms with E-state index in [1.807, 2.05) is 44.7 Å². The second-order valence-corrected chi connectivity index (χ2v) is 9.56. The summed E-state index contributed by atoms with van der Waals surface area (Å²) < 4.78 is 26.4. The average molecular weight is 543 g/mol. The summed E-state index contributed by atoms with van der Waals surface area (Å²) >= 11 is 1.86. The fourth-order valence-corrected chi connectivity index (χ4v) is 4.16. The lowest BCUT2D eigenvalue weighted by atomic mass is 10.2. The molecular formula is C19H35IN4O2S2. The van der Waals surface area contributed by atoms with Crippen LogP contribution in [0.4, 0.5) is 0 Å². The minimum absolute atomic E-state index is 0. The number of hydrogen-bond donors (Lipinski definition) is 2. The molecule has 0 radical (unpaired) electrons. The molecule has 2 N–H and O–H groups in total. The molecule has 0 amide bonds. The van der Waals surface area contributed by atoms with Crippen LogP contribution in [0.5, 0.6) is 0 Å². The molecule has 1 aromatic carbocycles. The van der Waals surface area contributed by atoms with E-state index in [1.165, 1.54) is 16.5 Å². The van der Waals surface area contributed by atoms with Crippen LogP contribution in [0.15, 0.2) is 34.2 Å². The first kappa shape index (κ1) is 27.5. The zero-order valence-corrected chi connectivity index (χ0v) is 21.5. The predicted octanol–water partition coefficient (Wildman–Crippen LogP) is 3.53. The summed E-state index contributed by atoms with van der Waals surface area (Å²) in [7, 11) is -1.84. The number of thioether (sulfide) groups is 1. The molecule has 0 heterocycles. The third-order valence-corrected chi connectivity index (χ3v) is 6.90. The molecule has 28 heavy (non-hydrogen) atoms.